The van der Waals surface area contributed by atoms with Gasteiger partial charge in [0.2, 0.25) is 0 Å². The van der Waals surface area contributed by atoms with E-state index >= 15 is 0 Å². The third-order valence-electron chi connectivity index (χ3n) is 6.87. The van der Waals surface area contributed by atoms with Crippen LogP contribution in [0.15, 0.2) is 79.0 Å². The molecule has 1 aliphatic rings. The number of aromatic amines is 1. The Morgan fingerprint density at radius 2 is 1.74 bits per heavy atom. The first-order chi connectivity index (χ1) is 17.1. The maximum absolute atomic E-state index is 13.8. The molecule has 5 rings (SSSR count). The van der Waals surface area contributed by atoms with Gasteiger partial charge in [-0.15, -0.1) is 0 Å². The molecule has 1 atom stereocenters. The average Bonchev–Trinajstić information content (AvgIpc) is 3.32. The number of piperazine rings is 1. The third-order valence-corrected chi connectivity index (χ3v) is 6.87. The number of likely N-dealkylation sites (N-methyl/N-ethyl adjacent to an activating group) is 1. The molecule has 0 bridgehead atoms. The number of hydrogen-bond acceptors (Lipinski definition) is 4. The van der Waals surface area contributed by atoms with Crippen molar-refractivity contribution >= 4 is 22.4 Å². The van der Waals surface area contributed by atoms with E-state index in [9.17, 15) is 9.18 Å². The van der Waals surface area contributed by atoms with Crippen molar-refractivity contribution in [1.82, 2.24) is 15.2 Å². The molecular formula is C29H31FN4O. The molecular weight excluding hydrogens is 439 g/mol. The van der Waals surface area contributed by atoms with E-state index in [1.165, 1.54) is 17.8 Å². The number of Topliss-reactive ketones (excluding diaryl/α,β-unsaturated/α-hetero) is 1. The SMILES string of the molecule is CN1CCN(c2ccc3c(C(=O)[C@@H](NCCc4ccc(F)cc4)c4ccccc4)c[nH]c3c2)CC1. The molecule has 2 N–H and O–H groups in total. The molecule has 1 fully saturated rings. The molecule has 0 unspecified atom stereocenters. The number of aromatic nitrogens is 1. The van der Waals surface area contributed by atoms with Crippen molar-refractivity contribution < 1.29 is 9.18 Å². The van der Waals surface area contributed by atoms with Crippen molar-refractivity contribution in [2.45, 2.75) is 12.5 Å². The standard InChI is InChI=1S/C29H31FN4O/c1-33-15-17-34(18-16-33)24-11-12-25-26(20-32-27(25)19-24)29(35)28(22-5-3-2-4-6-22)31-14-13-21-7-9-23(30)10-8-21/h2-12,19-20,28,31-32H,13-18H2,1H3/t28-/m0/s1. The summed E-state index contributed by atoms with van der Waals surface area (Å²) in [5.41, 5.74) is 4.81. The van der Waals surface area contributed by atoms with Crippen LogP contribution in [0.5, 0.6) is 0 Å². The molecule has 1 aliphatic heterocycles. The number of H-pyrrole nitrogens is 1. The zero-order chi connectivity index (χ0) is 24.2. The zero-order valence-corrected chi connectivity index (χ0v) is 20.0. The Labute approximate surface area is 205 Å². The second kappa shape index (κ2) is 10.4. The van der Waals surface area contributed by atoms with Gasteiger partial charge >= 0.3 is 0 Å². The highest BCUT2D eigenvalue weighted by Gasteiger charge is 2.24. The Kier molecular flexibility index (Phi) is 6.93. The minimum Gasteiger partial charge on any atom is -0.369 e. The van der Waals surface area contributed by atoms with Crippen LogP contribution in [0.1, 0.15) is 27.5 Å². The molecule has 0 spiro atoms. The van der Waals surface area contributed by atoms with Gasteiger partial charge in [-0.2, -0.15) is 0 Å². The van der Waals surface area contributed by atoms with Crippen LogP contribution in [0.3, 0.4) is 0 Å². The van der Waals surface area contributed by atoms with Crippen LogP contribution in [0.2, 0.25) is 0 Å². The van der Waals surface area contributed by atoms with Gasteiger partial charge in [-0.25, -0.2) is 4.39 Å². The summed E-state index contributed by atoms with van der Waals surface area (Å²) in [5, 5.41) is 4.39. The Hall–Kier alpha value is -3.48. The van der Waals surface area contributed by atoms with Gasteiger partial charge in [0.1, 0.15) is 5.82 Å². The number of ketones is 1. The zero-order valence-electron chi connectivity index (χ0n) is 20.0. The minimum atomic E-state index is -0.465. The van der Waals surface area contributed by atoms with E-state index < -0.39 is 6.04 Å². The number of anilines is 1. The largest absolute Gasteiger partial charge is 0.369 e. The van der Waals surface area contributed by atoms with Gasteiger partial charge in [-0.3, -0.25) is 4.79 Å². The summed E-state index contributed by atoms with van der Waals surface area (Å²) >= 11 is 0. The molecule has 4 aromatic rings. The van der Waals surface area contributed by atoms with Gasteiger partial charge in [0.05, 0.1) is 6.04 Å². The van der Waals surface area contributed by atoms with Crippen LogP contribution in [0.4, 0.5) is 10.1 Å². The molecule has 1 aromatic heterocycles. The number of halogens is 1. The van der Waals surface area contributed by atoms with Crippen molar-refractivity contribution in [2.75, 3.05) is 44.7 Å². The predicted molar refractivity (Wildman–Crippen MR) is 140 cm³/mol. The molecule has 5 nitrogen and oxygen atoms in total. The summed E-state index contributed by atoms with van der Waals surface area (Å²) in [5.74, 6) is -0.205. The van der Waals surface area contributed by atoms with Crippen molar-refractivity contribution in [3.8, 4) is 0 Å². The fraction of sp³-hybridized carbons (Fsp3) is 0.276. The fourth-order valence-corrected chi connectivity index (χ4v) is 4.75. The van der Waals surface area contributed by atoms with Crippen molar-refractivity contribution in [3.63, 3.8) is 0 Å². The van der Waals surface area contributed by atoms with E-state index in [-0.39, 0.29) is 11.6 Å². The molecule has 0 radical (unpaired) electrons. The Morgan fingerprint density at radius 1 is 1.00 bits per heavy atom. The van der Waals surface area contributed by atoms with Gasteiger partial charge in [0.25, 0.3) is 0 Å². The number of fused-ring (bicyclic) bond motifs is 1. The molecule has 1 saturated heterocycles. The van der Waals surface area contributed by atoms with Gasteiger partial charge in [-0.05, 0) is 48.9 Å². The second-order valence-corrected chi connectivity index (χ2v) is 9.26. The highest BCUT2D eigenvalue weighted by molar-refractivity contribution is 6.11. The molecule has 35 heavy (non-hydrogen) atoms. The normalized spacial score (nSPS) is 15.4. The van der Waals surface area contributed by atoms with Crippen LogP contribution >= 0.6 is 0 Å². The summed E-state index contributed by atoms with van der Waals surface area (Å²) in [6, 6.07) is 22.2. The molecule has 2 heterocycles. The predicted octanol–water partition coefficient (Wildman–Crippen LogP) is 4.82. The third kappa shape index (κ3) is 5.29. The summed E-state index contributed by atoms with van der Waals surface area (Å²) in [6.07, 6.45) is 2.54. The van der Waals surface area contributed by atoms with E-state index in [4.69, 9.17) is 0 Å². The lowest BCUT2D eigenvalue weighted by Crippen LogP contribution is -2.44. The van der Waals surface area contributed by atoms with Crippen molar-refractivity contribution in [3.05, 3.63) is 102 Å². The van der Waals surface area contributed by atoms with Crippen molar-refractivity contribution in [1.29, 1.82) is 0 Å². The average molecular weight is 471 g/mol. The van der Waals surface area contributed by atoms with Crippen LogP contribution in [-0.2, 0) is 6.42 Å². The van der Waals surface area contributed by atoms with Crippen LogP contribution in [-0.4, -0.2) is 55.4 Å². The lowest BCUT2D eigenvalue weighted by Gasteiger charge is -2.34. The fourth-order valence-electron chi connectivity index (χ4n) is 4.75. The quantitative estimate of drug-likeness (QED) is 0.363. The first kappa shape index (κ1) is 23.3. The van der Waals surface area contributed by atoms with Crippen LogP contribution in [0.25, 0.3) is 10.9 Å². The number of nitrogens with zero attached hydrogens (tertiary/aromatic N) is 2. The van der Waals surface area contributed by atoms with E-state index in [1.807, 2.05) is 36.5 Å². The monoisotopic (exact) mass is 470 g/mol. The van der Waals surface area contributed by atoms with E-state index in [1.54, 1.807) is 12.1 Å². The van der Waals surface area contributed by atoms with Gasteiger partial charge in [-0.1, -0.05) is 48.5 Å². The van der Waals surface area contributed by atoms with E-state index in [0.29, 0.717) is 18.5 Å². The van der Waals surface area contributed by atoms with E-state index in [2.05, 4.69) is 45.3 Å². The second-order valence-electron chi connectivity index (χ2n) is 9.26. The molecule has 0 saturated carbocycles. The maximum atomic E-state index is 13.8. The Morgan fingerprint density at radius 3 is 2.49 bits per heavy atom. The Bertz CT molecular complexity index is 1280. The number of hydrogen-bond donors (Lipinski definition) is 2. The minimum absolute atomic E-state index is 0.0360. The van der Waals surface area contributed by atoms with Crippen LogP contribution in [0, 0.1) is 5.82 Å². The lowest BCUT2D eigenvalue weighted by atomic mass is 9.96. The molecule has 180 valence electrons. The summed E-state index contributed by atoms with van der Waals surface area (Å²) in [6.45, 7) is 4.71. The first-order valence-corrected chi connectivity index (χ1v) is 12.2. The van der Waals surface area contributed by atoms with E-state index in [0.717, 1.165) is 48.2 Å². The molecule has 6 heteroatoms. The number of nitrogens with one attached hydrogen (secondary N) is 2. The topological polar surface area (TPSA) is 51.4 Å². The summed E-state index contributed by atoms with van der Waals surface area (Å²) < 4.78 is 13.2. The van der Waals surface area contributed by atoms with Gasteiger partial charge in [0, 0.05) is 61.1 Å². The number of rotatable bonds is 8. The smallest absolute Gasteiger partial charge is 0.186 e. The highest BCUT2D eigenvalue weighted by Crippen LogP contribution is 2.28. The van der Waals surface area contributed by atoms with Gasteiger partial charge < -0.3 is 20.1 Å². The number of benzene rings is 3. The highest BCUT2D eigenvalue weighted by atomic mass is 19.1. The first-order valence-electron chi connectivity index (χ1n) is 12.2. The summed E-state index contributed by atoms with van der Waals surface area (Å²) in [7, 11) is 2.15. The Balaban J connectivity index is 1.36. The molecule has 0 amide bonds. The summed E-state index contributed by atoms with van der Waals surface area (Å²) in [4.78, 5) is 21.8. The molecule has 3 aromatic carbocycles. The maximum Gasteiger partial charge on any atom is 0.186 e. The number of carbonyl (C=O) groups excluding carboxylic acids is 1. The van der Waals surface area contributed by atoms with Crippen LogP contribution < -0.4 is 10.2 Å². The molecule has 0 aliphatic carbocycles. The van der Waals surface area contributed by atoms with Crippen molar-refractivity contribution in [2.24, 2.45) is 0 Å². The number of carbonyl (C=O) groups is 1. The van der Waals surface area contributed by atoms with Gasteiger partial charge in [0.15, 0.2) is 5.78 Å². The lowest BCUT2D eigenvalue weighted by molar-refractivity contribution is 0.0945.